The summed E-state index contributed by atoms with van der Waals surface area (Å²) in [7, 11) is 0. The molecule has 1 saturated heterocycles. The molecule has 0 aromatic heterocycles. The Balaban J connectivity index is 2.21. The van der Waals surface area contributed by atoms with Gasteiger partial charge in [-0.15, -0.1) is 0 Å². The first kappa shape index (κ1) is 12.8. The summed E-state index contributed by atoms with van der Waals surface area (Å²) in [6, 6.07) is 6.17. The summed E-state index contributed by atoms with van der Waals surface area (Å²) in [5.41, 5.74) is 5.38. The molecule has 1 aromatic carbocycles. The van der Waals surface area contributed by atoms with Gasteiger partial charge in [-0.3, -0.25) is 11.3 Å². The second kappa shape index (κ2) is 5.83. The zero-order chi connectivity index (χ0) is 12.3. The van der Waals surface area contributed by atoms with E-state index in [0.29, 0.717) is 5.92 Å². The van der Waals surface area contributed by atoms with Gasteiger partial charge in [-0.1, -0.05) is 17.7 Å². The zero-order valence-electron chi connectivity index (χ0n) is 10.1. The summed E-state index contributed by atoms with van der Waals surface area (Å²) >= 11 is 5.98. The van der Waals surface area contributed by atoms with E-state index in [2.05, 4.69) is 18.4 Å². The molecule has 1 atom stereocenters. The fourth-order valence-corrected chi connectivity index (χ4v) is 2.74. The molecule has 2 rings (SSSR count). The van der Waals surface area contributed by atoms with Crippen LogP contribution in [0, 0.1) is 12.8 Å². The van der Waals surface area contributed by atoms with E-state index >= 15 is 0 Å². The molecule has 3 N–H and O–H groups in total. The molecule has 0 bridgehead atoms. The number of hydrogen-bond acceptors (Lipinski definition) is 3. The quantitative estimate of drug-likeness (QED) is 0.644. The molecule has 4 heteroatoms. The SMILES string of the molecule is Cc1cc(Cl)ccc1C(NN)C1CCOCC1. The predicted molar refractivity (Wildman–Crippen MR) is 69.8 cm³/mol. The third kappa shape index (κ3) is 2.99. The Morgan fingerprint density at radius 2 is 2.12 bits per heavy atom. The Labute approximate surface area is 107 Å². The lowest BCUT2D eigenvalue weighted by Crippen LogP contribution is -2.36. The van der Waals surface area contributed by atoms with Crippen LogP contribution < -0.4 is 11.3 Å². The second-order valence-corrected chi connectivity index (χ2v) is 5.03. The lowest BCUT2D eigenvalue weighted by molar-refractivity contribution is 0.0535. The van der Waals surface area contributed by atoms with Crippen LogP contribution in [-0.4, -0.2) is 13.2 Å². The van der Waals surface area contributed by atoms with Gasteiger partial charge in [0.05, 0.1) is 0 Å². The molecule has 0 radical (unpaired) electrons. The fraction of sp³-hybridized carbons (Fsp3) is 0.538. The first-order valence-corrected chi connectivity index (χ1v) is 6.40. The standard InChI is InChI=1S/C13H19ClN2O/c1-9-8-11(14)2-3-12(9)13(16-15)10-4-6-17-7-5-10/h2-3,8,10,13,16H,4-7,15H2,1H3. The van der Waals surface area contributed by atoms with Crippen molar-refractivity contribution in [3.05, 3.63) is 34.3 Å². The average Bonchev–Trinajstić information content (AvgIpc) is 2.34. The minimum atomic E-state index is 0.191. The maximum Gasteiger partial charge on any atom is 0.0492 e. The van der Waals surface area contributed by atoms with Crippen LogP contribution >= 0.6 is 11.6 Å². The van der Waals surface area contributed by atoms with Gasteiger partial charge in [0.1, 0.15) is 0 Å². The number of rotatable bonds is 3. The van der Waals surface area contributed by atoms with Crippen molar-refractivity contribution in [2.24, 2.45) is 11.8 Å². The number of ether oxygens (including phenoxy) is 1. The molecule has 0 aliphatic carbocycles. The summed E-state index contributed by atoms with van der Waals surface area (Å²) in [5, 5.41) is 0.772. The van der Waals surface area contributed by atoms with Gasteiger partial charge in [0, 0.05) is 24.3 Å². The molecule has 1 heterocycles. The van der Waals surface area contributed by atoms with Gasteiger partial charge < -0.3 is 4.74 Å². The molecule has 1 unspecified atom stereocenters. The maximum atomic E-state index is 5.98. The van der Waals surface area contributed by atoms with Crippen molar-refractivity contribution in [3.63, 3.8) is 0 Å². The largest absolute Gasteiger partial charge is 0.381 e. The van der Waals surface area contributed by atoms with Gasteiger partial charge in [-0.25, -0.2) is 0 Å². The van der Waals surface area contributed by atoms with Gasteiger partial charge in [-0.2, -0.15) is 0 Å². The van der Waals surface area contributed by atoms with Crippen molar-refractivity contribution >= 4 is 11.6 Å². The molecule has 1 aromatic rings. The molecule has 0 saturated carbocycles. The number of nitrogens with one attached hydrogen (secondary N) is 1. The van der Waals surface area contributed by atoms with E-state index in [-0.39, 0.29) is 6.04 Å². The molecule has 1 aliphatic heterocycles. The van der Waals surface area contributed by atoms with Gasteiger partial charge in [-0.05, 0) is 48.9 Å². The fourth-order valence-electron chi connectivity index (χ4n) is 2.52. The highest BCUT2D eigenvalue weighted by molar-refractivity contribution is 6.30. The highest BCUT2D eigenvalue weighted by Gasteiger charge is 2.25. The smallest absolute Gasteiger partial charge is 0.0492 e. The Hall–Kier alpha value is -0.610. The van der Waals surface area contributed by atoms with Crippen molar-refractivity contribution < 1.29 is 4.74 Å². The lowest BCUT2D eigenvalue weighted by atomic mass is 9.86. The summed E-state index contributed by atoms with van der Waals surface area (Å²) < 4.78 is 5.39. The van der Waals surface area contributed by atoms with Crippen molar-refractivity contribution in [2.75, 3.05) is 13.2 Å². The number of hydrazine groups is 1. The van der Waals surface area contributed by atoms with Gasteiger partial charge in [0.2, 0.25) is 0 Å². The minimum Gasteiger partial charge on any atom is -0.381 e. The van der Waals surface area contributed by atoms with E-state index in [1.54, 1.807) is 0 Å². The van der Waals surface area contributed by atoms with Gasteiger partial charge in [0.15, 0.2) is 0 Å². The van der Waals surface area contributed by atoms with Gasteiger partial charge in [0.25, 0.3) is 0 Å². The lowest BCUT2D eigenvalue weighted by Gasteiger charge is -2.31. The minimum absolute atomic E-state index is 0.191. The van der Waals surface area contributed by atoms with E-state index in [0.717, 1.165) is 31.1 Å². The van der Waals surface area contributed by atoms with Crippen molar-refractivity contribution in [2.45, 2.75) is 25.8 Å². The Bertz CT molecular complexity index is 378. The first-order chi connectivity index (χ1) is 8.22. The monoisotopic (exact) mass is 254 g/mol. The predicted octanol–water partition coefficient (Wildman–Crippen LogP) is 2.58. The third-order valence-corrected chi connectivity index (χ3v) is 3.72. The van der Waals surface area contributed by atoms with Crippen molar-refractivity contribution in [1.29, 1.82) is 0 Å². The van der Waals surface area contributed by atoms with Crippen LogP contribution in [0.25, 0.3) is 0 Å². The Morgan fingerprint density at radius 3 is 2.71 bits per heavy atom. The Morgan fingerprint density at radius 1 is 1.41 bits per heavy atom. The molecular weight excluding hydrogens is 236 g/mol. The number of halogens is 1. The van der Waals surface area contributed by atoms with Gasteiger partial charge >= 0.3 is 0 Å². The molecule has 0 spiro atoms. The van der Waals surface area contributed by atoms with E-state index in [4.69, 9.17) is 22.2 Å². The number of nitrogens with two attached hydrogens (primary N) is 1. The topological polar surface area (TPSA) is 47.3 Å². The van der Waals surface area contributed by atoms with Crippen LogP contribution in [0.3, 0.4) is 0 Å². The zero-order valence-corrected chi connectivity index (χ0v) is 10.8. The van der Waals surface area contributed by atoms with Crippen LogP contribution in [-0.2, 0) is 4.74 Å². The Kier molecular flexibility index (Phi) is 4.40. The molecule has 1 fully saturated rings. The summed E-state index contributed by atoms with van der Waals surface area (Å²) in [4.78, 5) is 0. The number of hydrogen-bond donors (Lipinski definition) is 2. The number of benzene rings is 1. The van der Waals surface area contributed by atoms with Crippen LogP contribution in [0.4, 0.5) is 0 Å². The molecule has 0 amide bonds. The molecule has 17 heavy (non-hydrogen) atoms. The van der Waals surface area contributed by atoms with Crippen LogP contribution in [0.2, 0.25) is 5.02 Å². The normalized spacial score (nSPS) is 19.2. The van der Waals surface area contributed by atoms with Crippen LogP contribution in [0.5, 0.6) is 0 Å². The summed E-state index contributed by atoms with van der Waals surface area (Å²) in [6.45, 7) is 3.73. The molecular formula is C13H19ClN2O. The summed E-state index contributed by atoms with van der Waals surface area (Å²) in [5.74, 6) is 6.25. The summed E-state index contributed by atoms with van der Waals surface area (Å²) in [6.07, 6.45) is 2.11. The van der Waals surface area contributed by atoms with E-state index in [9.17, 15) is 0 Å². The van der Waals surface area contributed by atoms with E-state index in [1.807, 2.05) is 12.1 Å². The molecule has 94 valence electrons. The molecule has 3 nitrogen and oxygen atoms in total. The maximum absolute atomic E-state index is 5.98. The van der Waals surface area contributed by atoms with E-state index < -0.39 is 0 Å². The highest BCUT2D eigenvalue weighted by atomic mass is 35.5. The van der Waals surface area contributed by atoms with Crippen LogP contribution in [0.15, 0.2) is 18.2 Å². The third-order valence-electron chi connectivity index (χ3n) is 3.48. The van der Waals surface area contributed by atoms with Crippen LogP contribution in [0.1, 0.15) is 30.0 Å². The van der Waals surface area contributed by atoms with E-state index in [1.165, 1.54) is 11.1 Å². The first-order valence-electron chi connectivity index (χ1n) is 6.02. The van der Waals surface area contributed by atoms with Crippen molar-refractivity contribution in [3.8, 4) is 0 Å². The second-order valence-electron chi connectivity index (χ2n) is 4.60. The average molecular weight is 255 g/mol. The number of aryl methyl sites for hydroxylation is 1. The highest BCUT2D eigenvalue weighted by Crippen LogP contribution is 2.32. The van der Waals surface area contributed by atoms with Crippen molar-refractivity contribution in [1.82, 2.24) is 5.43 Å². The molecule has 1 aliphatic rings.